The number of ether oxygens (including phenoxy) is 1. The minimum atomic E-state index is -1.27. The molecule has 1 amide bonds. The molecule has 16 heteroatoms. The number of aliphatic hydroxyl groups is 2. The summed E-state index contributed by atoms with van der Waals surface area (Å²) in [5.41, 5.74) is 6.68. The smallest absolute Gasteiger partial charge is 0.320 e. The number of imidazole rings is 1. The number of thioether (sulfide) groups is 1. The molecule has 1 aliphatic rings. The summed E-state index contributed by atoms with van der Waals surface area (Å²) in [5, 5.41) is 35.9. The number of amides is 1. The number of nitrogens with zero attached hydrogens (tertiary/aromatic N) is 4. The van der Waals surface area contributed by atoms with Crippen molar-refractivity contribution in [2.24, 2.45) is 5.73 Å². The molecule has 1 aliphatic heterocycles. The van der Waals surface area contributed by atoms with Crippen LogP contribution in [-0.4, -0.2) is 95.7 Å². The van der Waals surface area contributed by atoms with E-state index in [0.717, 1.165) is 4.47 Å². The van der Waals surface area contributed by atoms with E-state index in [1.807, 2.05) is 6.07 Å². The van der Waals surface area contributed by atoms with Gasteiger partial charge in [0.2, 0.25) is 5.28 Å². The monoisotopic (exact) mass is 643 g/mol. The van der Waals surface area contributed by atoms with Gasteiger partial charge in [-0.3, -0.25) is 14.2 Å². The largest absolute Gasteiger partial charge is 0.480 e. The van der Waals surface area contributed by atoms with Crippen LogP contribution in [0.25, 0.3) is 11.2 Å². The average Bonchev–Trinajstić information content (AvgIpc) is 3.44. The third-order valence-corrected chi connectivity index (χ3v) is 7.72. The summed E-state index contributed by atoms with van der Waals surface area (Å²) in [4.78, 5) is 36.0. The number of fused-ring (bicyclic) bond motifs is 1. The van der Waals surface area contributed by atoms with Crippen LogP contribution in [0.1, 0.15) is 23.0 Å². The molecule has 210 valence electrons. The van der Waals surface area contributed by atoms with Crippen LogP contribution < -0.4 is 16.4 Å². The van der Waals surface area contributed by atoms with E-state index < -0.39 is 36.6 Å². The number of carbonyl (C=O) groups excluding carboxylic acids is 1. The standard InChI is InChI=1S/C23H27BrClN7O6S/c24-12-3-1-2-11(8-12)20(35)28-6-5-27-18-15-19(31-23(25)30-18)32(10-29-15)21-17(34)16(33)14(38-21)9-39-7-4-13(26)22(36)37/h1-3,8,10,13-14,16-17,21,33-34H,4-7,9,26H2,(H,28,35)(H,36,37)(H,27,30,31)/t13?,14-,16-,17-,21-/m1/s1. The van der Waals surface area contributed by atoms with E-state index in [1.54, 1.807) is 18.2 Å². The Kier molecular flexibility index (Phi) is 9.98. The molecular weight excluding hydrogens is 618 g/mol. The SMILES string of the molecule is NC(CCSC[C@H]1O[C@@H](n2cnc3c(NCCNC(=O)c4cccc(Br)c4)nc(Cl)nc32)[C@H](O)[C@@H]1O)C(=O)O. The Hall–Kier alpha value is -2.53. The van der Waals surface area contributed by atoms with Gasteiger partial charge in [0.15, 0.2) is 23.2 Å². The molecular formula is C23H27BrClN7O6S. The number of hydrogen-bond donors (Lipinski definition) is 6. The summed E-state index contributed by atoms with van der Waals surface area (Å²) in [7, 11) is 0. The van der Waals surface area contributed by atoms with Crippen LogP contribution in [0.4, 0.5) is 5.82 Å². The lowest BCUT2D eigenvalue weighted by molar-refractivity contribution is -0.138. The van der Waals surface area contributed by atoms with Crippen molar-refractivity contribution < 1.29 is 29.6 Å². The van der Waals surface area contributed by atoms with Crippen LogP contribution in [0.15, 0.2) is 35.1 Å². The summed E-state index contributed by atoms with van der Waals surface area (Å²) >= 11 is 10.9. The van der Waals surface area contributed by atoms with Gasteiger partial charge in [-0.15, -0.1) is 0 Å². The zero-order valence-corrected chi connectivity index (χ0v) is 23.6. The van der Waals surface area contributed by atoms with Gasteiger partial charge in [-0.05, 0) is 42.0 Å². The molecule has 5 atom stereocenters. The Morgan fingerprint density at radius 1 is 1.26 bits per heavy atom. The van der Waals surface area contributed by atoms with Crippen LogP contribution >= 0.6 is 39.3 Å². The van der Waals surface area contributed by atoms with E-state index in [9.17, 15) is 19.8 Å². The van der Waals surface area contributed by atoms with E-state index in [0.29, 0.717) is 41.5 Å². The molecule has 0 saturated carbocycles. The first kappa shape index (κ1) is 29.5. The van der Waals surface area contributed by atoms with E-state index in [2.05, 4.69) is 41.5 Å². The summed E-state index contributed by atoms with van der Waals surface area (Å²) < 4.78 is 8.20. The molecule has 1 unspecified atom stereocenters. The van der Waals surface area contributed by atoms with Crippen LogP contribution in [0, 0.1) is 0 Å². The molecule has 0 bridgehead atoms. The van der Waals surface area contributed by atoms with Gasteiger partial charge < -0.3 is 36.4 Å². The molecule has 0 spiro atoms. The van der Waals surface area contributed by atoms with E-state index in [1.165, 1.54) is 22.7 Å². The Bertz CT molecular complexity index is 1330. The third kappa shape index (κ3) is 7.16. The lowest BCUT2D eigenvalue weighted by Crippen LogP contribution is -2.33. The topological polar surface area (TPSA) is 198 Å². The van der Waals surface area contributed by atoms with Crippen molar-refractivity contribution in [2.45, 2.75) is 37.0 Å². The lowest BCUT2D eigenvalue weighted by atomic mass is 10.1. The number of aromatic nitrogens is 4. The van der Waals surface area contributed by atoms with E-state index >= 15 is 0 Å². The molecule has 39 heavy (non-hydrogen) atoms. The number of rotatable bonds is 12. The zero-order valence-electron chi connectivity index (χ0n) is 20.4. The highest BCUT2D eigenvalue weighted by molar-refractivity contribution is 9.10. The molecule has 4 rings (SSSR count). The lowest BCUT2D eigenvalue weighted by Gasteiger charge is -2.17. The minimum Gasteiger partial charge on any atom is -0.480 e. The van der Waals surface area contributed by atoms with Crippen molar-refractivity contribution >= 4 is 68.2 Å². The maximum absolute atomic E-state index is 12.3. The average molecular weight is 645 g/mol. The number of halogens is 2. The number of benzene rings is 1. The van der Waals surface area contributed by atoms with Gasteiger partial charge in [0.1, 0.15) is 18.2 Å². The van der Waals surface area contributed by atoms with Crippen molar-refractivity contribution in [2.75, 3.05) is 29.9 Å². The van der Waals surface area contributed by atoms with Gasteiger partial charge in [-0.2, -0.15) is 21.7 Å². The number of nitrogens with two attached hydrogens (primary N) is 1. The number of carbonyl (C=O) groups is 2. The fraction of sp³-hybridized carbons (Fsp3) is 0.435. The zero-order chi connectivity index (χ0) is 28.1. The van der Waals surface area contributed by atoms with Crippen molar-refractivity contribution in [3.8, 4) is 0 Å². The Morgan fingerprint density at radius 2 is 2.05 bits per heavy atom. The summed E-state index contributed by atoms with van der Waals surface area (Å²) in [6.45, 7) is 0.615. The molecule has 0 aliphatic carbocycles. The molecule has 3 aromatic rings. The van der Waals surface area contributed by atoms with Crippen LogP contribution in [-0.2, 0) is 9.53 Å². The van der Waals surface area contributed by atoms with Crippen LogP contribution in [0.3, 0.4) is 0 Å². The molecule has 3 heterocycles. The quantitative estimate of drug-likeness (QED) is 0.122. The normalized spacial score (nSPS) is 21.7. The maximum Gasteiger partial charge on any atom is 0.320 e. The second-order valence-electron chi connectivity index (χ2n) is 8.71. The molecule has 1 aromatic carbocycles. The Labute approximate surface area is 240 Å². The summed E-state index contributed by atoms with van der Waals surface area (Å²) in [6, 6.07) is 6.08. The number of carboxylic acid groups (broad SMARTS) is 1. The van der Waals surface area contributed by atoms with Gasteiger partial charge in [-0.1, -0.05) is 22.0 Å². The maximum atomic E-state index is 12.3. The molecule has 1 saturated heterocycles. The highest BCUT2D eigenvalue weighted by Crippen LogP contribution is 2.34. The van der Waals surface area contributed by atoms with Gasteiger partial charge >= 0.3 is 5.97 Å². The summed E-state index contributed by atoms with van der Waals surface area (Å²) in [6.07, 6.45) is -2.47. The van der Waals surface area contributed by atoms with Crippen molar-refractivity contribution in [3.63, 3.8) is 0 Å². The number of anilines is 1. The van der Waals surface area contributed by atoms with E-state index in [4.69, 9.17) is 27.2 Å². The minimum absolute atomic E-state index is 0.0696. The molecule has 1 fully saturated rings. The predicted molar refractivity (Wildman–Crippen MR) is 149 cm³/mol. The number of aliphatic hydroxyl groups excluding tert-OH is 2. The van der Waals surface area contributed by atoms with Crippen molar-refractivity contribution in [1.82, 2.24) is 24.8 Å². The van der Waals surface area contributed by atoms with Crippen LogP contribution in [0.5, 0.6) is 0 Å². The number of hydrogen-bond acceptors (Lipinski definition) is 11. The number of carboxylic acids is 1. The number of nitrogens with one attached hydrogen (secondary N) is 2. The molecule has 7 N–H and O–H groups in total. The highest BCUT2D eigenvalue weighted by Gasteiger charge is 2.44. The fourth-order valence-electron chi connectivity index (χ4n) is 3.92. The predicted octanol–water partition coefficient (Wildman–Crippen LogP) is 1.24. The van der Waals surface area contributed by atoms with E-state index in [-0.39, 0.29) is 23.3 Å². The third-order valence-electron chi connectivity index (χ3n) is 5.97. The summed E-state index contributed by atoms with van der Waals surface area (Å²) in [5.74, 6) is -0.195. The second-order valence-corrected chi connectivity index (χ2v) is 11.1. The first-order chi connectivity index (χ1) is 18.7. The first-order valence-corrected chi connectivity index (χ1v) is 14.2. The Balaban J connectivity index is 1.37. The highest BCUT2D eigenvalue weighted by atomic mass is 79.9. The van der Waals surface area contributed by atoms with Gasteiger partial charge in [0.25, 0.3) is 5.91 Å². The molecule has 13 nitrogen and oxygen atoms in total. The second kappa shape index (κ2) is 13.2. The van der Waals surface area contributed by atoms with Gasteiger partial charge in [0, 0.05) is 28.9 Å². The Morgan fingerprint density at radius 3 is 2.79 bits per heavy atom. The fourth-order valence-corrected chi connectivity index (χ4v) is 5.58. The molecule has 2 aromatic heterocycles. The first-order valence-electron chi connectivity index (χ1n) is 11.9. The van der Waals surface area contributed by atoms with Gasteiger partial charge in [-0.25, -0.2) is 4.98 Å². The number of aliphatic carboxylic acids is 1. The van der Waals surface area contributed by atoms with Crippen molar-refractivity contribution in [3.05, 3.63) is 45.9 Å². The van der Waals surface area contributed by atoms with Crippen LogP contribution in [0.2, 0.25) is 5.28 Å². The van der Waals surface area contributed by atoms with Crippen molar-refractivity contribution in [1.29, 1.82) is 0 Å². The van der Waals surface area contributed by atoms with Gasteiger partial charge in [0.05, 0.1) is 12.4 Å². The molecule has 0 radical (unpaired) electrons.